The molecule has 2 atom stereocenters. The Bertz CT molecular complexity index is 1870. The molecule has 2 unspecified atom stereocenters. The van der Waals surface area contributed by atoms with Crippen LogP contribution in [0.4, 0.5) is 0 Å². The molecular formula is C36H34N2O9S2. The molecule has 1 saturated heterocycles. The third kappa shape index (κ3) is 8.24. The average Bonchev–Trinajstić information content (AvgIpc) is 3.14. The van der Waals surface area contributed by atoms with E-state index in [0.29, 0.717) is 33.4 Å². The van der Waals surface area contributed by atoms with Gasteiger partial charge in [-0.3, -0.25) is 14.5 Å². The quantitative estimate of drug-likeness (QED) is 0.0624. The highest BCUT2D eigenvalue weighted by Crippen LogP contribution is 2.41. The number of nitrogens with zero attached hydrogens (tertiary/aromatic N) is 1. The molecule has 4 aromatic carbocycles. The van der Waals surface area contributed by atoms with Gasteiger partial charge in [0.25, 0.3) is 11.8 Å². The number of amides is 2. The maximum atomic E-state index is 14.1. The highest BCUT2D eigenvalue weighted by atomic mass is 33.1. The van der Waals surface area contributed by atoms with E-state index in [1.165, 1.54) is 45.4 Å². The molecule has 0 radical (unpaired) electrons. The number of para-hydroxylation sites is 1. The summed E-state index contributed by atoms with van der Waals surface area (Å²) in [6.45, 7) is 1.03. The number of β-lactam (4-membered cyclic amide) rings is 1. The number of hydrogen-bond acceptors (Lipinski definition) is 10. The van der Waals surface area contributed by atoms with E-state index < -0.39 is 50.8 Å². The van der Waals surface area contributed by atoms with Crippen LogP contribution >= 0.6 is 10.8 Å². The molecule has 0 aromatic heterocycles. The van der Waals surface area contributed by atoms with Crippen LogP contribution in [0.15, 0.2) is 132 Å². The zero-order valence-corrected chi connectivity index (χ0v) is 28.5. The first kappa shape index (κ1) is 35.0. The van der Waals surface area contributed by atoms with Crippen molar-refractivity contribution >= 4 is 37.4 Å². The lowest BCUT2D eigenvalue weighted by atomic mass is 10.0. The Morgan fingerprint density at radius 1 is 0.816 bits per heavy atom. The van der Waals surface area contributed by atoms with Crippen molar-refractivity contribution in [2.24, 2.45) is 0 Å². The molecule has 254 valence electrons. The van der Waals surface area contributed by atoms with Crippen molar-refractivity contribution in [1.29, 1.82) is 0 Å². The van der Waals surface area contributed by atoms with E-state index in [4.69, 9.17) is 18.9 Å². The Morgan fingerprint density at radius 3 is 1.90 bits per heavy atom. The van der Waals surface area contributed by atoms with Crippen molar-refractivity contribution in [3.8, 4) is 11.5 Å². The Morgan fingerprint density at radius 2 is 1.37 bits per heavy atom. The molecule has 1 aliphatic rings. The van der Waals surface area contributed by atoms with Crippen LogP contribution in [0.3, 0.4) is 0 Å². The van der Waals surface area contributed by atoms with E-state index in [1.807, 2.05) is 12.1 Å². The highest BCUT2D eigenvalue weighted by molar-refractivity contribution is 8.72. The number of benzene rings is 4. The SMILES string of the molecule is COC(C)=C(C(=O)OC(c1ccccc1)c1ccccc1)N1C(=O)C(NC(=O)COc2ccccc2)C1SS(=O)(=O)c1ccc(OC)cc1. The van der Waals surface area contributed by atoms with Gasteiger partial charge in [-0.2, -0.15) is 0 Å². The molecule has 1 aliphatic heterocycles. The number of ether oxygens (including phenoxy) is 4. The molecule has 4 aromatic rings. The smallest absolute Gasteiger partial charge is 0.359 e. The molecule has 1 N–H and O–H groups in total. The largest absolute Gasteiger partial charge is 0.499 e. The molecule has 0 spiro atoms. The number of methoxy groups -OCH3 is 2. The molecule has 1 fully saturated rings. The van der Waals surface area contributed by atoms with Gasteiger partial charge in [-0.15, -0.1) is 0 Å². The molecule has 0 aliphatic carbocycles. The topological polar surface area (TPSA) is 138 Å². The minimum atomic E-state index is -4.16. The first-order chi connectivity index (χ1) is 23.6. The summed E-state index contributed by atoms with van der Waals surface area (Å²) in [5, 5.41) is 1.28. The lowest BCUT2D eigenvalue weighted by molar-refractivity contribution is -0.155. The Hall–Kier alpha value is -5.27. The fraction of sp³-hybridized carbons (Fsp3) is 0.194. The summed E-state index contributed by atoms with van der Waals surface area (Å²) >= 11 is 0. The molecule has 0 bridgehead atoms. The van der Waals surface area contributed by atoms with Crippen molar-refractivity contribution in [3.05, 3.63) is 138 Å². The van der Waals surface area contributed by atoms with Gasteiger partial charge in [-0.25, -0.2) is 13.2 Å². The molecule has 49 heavy (non-hydrogen) atoms. The van der Waals surface area contributed by atoms with Crippen LogP contribution in [-0.2, 0) is 32.7 Å². The maximum absolute atomic E-state index is 14.1. The van der Waals surface area contributed by atoms with E-state index in [9.17, 15) is 22.8 Å². The van der Waals surface area contributed by atoms with Crippen LogP contribution in [0, 0.1) is 0 Å². The number of hydrogen-bond donors (Lipinski definition) is 1. The zero-order valence-electron chi connectivity index (χ0n) is 26.8. The summed E-state index contributed by atoms with van der Waals surface area (Å²) in [6, 6.07) is 31.1. The Kier molecular flexibility index (Phi) is 11.3. The fourth-order valence-corrected chi connectivity index (χ4v) is 8.47. The average molecular weight is 703 g/mol. The summed E-state index contributed by atoms with van der Waals surface area (Å²) in [5.74, 6) is -1.46. The van der Waals surface area contributed by atoms with Crippen LogP contribution in [0.1, 0.15) is 24.2 Å². The maximum Gasteiger partial charge on any atom is 0.359 e. The highest BCUT2D eigenvalue weighted by Gasteiger charge is 2.55. The summed E-state index contributed by atoms with van der Waals surface area (Å²) < 4.78 is 49.5. The van der Waals surface area contributed by atoms with E-state index in [0.717, 1.165) is 4.90 Å². The van der Waals surface area contributed by atoms with E-state index >= 15 is 0 Å². The number of rotatable bonds is 14. The van der Waals surface area contributed by atoms with Gasteiger partial charge in [0.2, 0.25) is 8.87 Å². The van der Waals surface area contributed by atoms with E-state index in [1.54, 1.807) is 78.9 Å². The second-order valence-electron chi connectivity index (χ2n) is 10.7. The van der Waals surface area contributed by atoms with Crippen molar-refractivity contribution in [2.45, 2.75) is 29.3 Å². The van der Waals surface area contributed by atoms with Gasteiger partial charge < -0.3 is 24.3 Å². The molecule has 11 nitrogen and oxygen atoms in total. The number of likely N-dealkylation sites (tertiary alicyclic amines) is 1. The van der Waals surface area contributed by atoms with Crippen molar-refractivity contribution in [1.82, 2.24) is 10.2 Å². The lowest BCUT2D eigenvalue weighted by Gasteiger charge is -2.46. The first-order valence-corrected chi connectivity index (χ1v) is 17.9. The minimum Gasteiger partial charge on any atom is -0.499 e. The second-order valence-corrected chi connectivity index (χ2v) is 14.6. The molecule has 1 heterocycles. The number of carbonyl (C=O) groups excluding carboxylic acids is 3. The van der Waals surface area contributed by atoms with Crippen molar-refractivity contribution in [2.75, 3.05) is 20.8 Å². The Balaban J connectivity index is 1.46. The van der Waals surface area contributed by atoms with Crippen molar-refractivity contribution in [3.63, 3.8) is 0 Å². The predicted octanol–water partition coefficient (Wildman–Crippen LogP) is 5.06. The van der Waals surface area contributed by atoms with Gasteiger partial charge in [-0.05, 0) is 54.4 Å². The number of allylic oxidation sites excluding steroid dienone is 1. The van der Waals surface area contributed by atoms with E-state index in [-0.39, 0.29) is 16.4 Å². The van der Waals surface area contributed by atoms with Gasteiger partial charge in [0, 0.05) is 10.8 Å². The number of carbonyl (C=O) groups is 3. The fourth-order valence-electron chi connectivity index (χ4n) is 5.00. The second kappa shape index (κ2) is 15.8. The van der Waals surface area contributed by atoms with Crippen LogP contribution < -0.4 is 14.8 Å². The van der Waals surface area contributed by atoms with Crippen LogP contribution in [0.5, 0.6) is 11.5 Å². The number of esters is 1. The summed E-state index contributed by atoms with van der Waals surface area (Å²) in [7, 11) is -0.988. The lowest BCUT2D eigenvalue weighted by Crippen LogP contribution is -2.70. The third-order valence-electron chi connectivity index (χ3n) is 7.55. The van der Waals surface area contributed by atoms with Crippen LogP contribution in [0.2, 0.25) is 0 Å². The van der Waals surface area contributed by atoms with Crippen LogP contribution in [-0.4, -0.2) is 63.3 Å². The van der Waals surface area contributed by atoms with Gasteiger partial charge in [0.05, 0.1) is 19.1 Å². The summed E-state index contributed by atoms with van der Waals surface area (Å²) in [6.07, 6.45) is -0.870. The molecule has 0 saturated carbocycles. The van der Waals surface area contributed by atoms with E-state index in [2.05, 4.69) is 5.32 Å². The predicted molar refractivity (Wildman–Crippen MR) is 183 cm³/mol. The van der Waals surface area contributed by atoms with Gasteiger partial charge in [-0.1, -0.05) is 78.9 Å². The normalized spacial score (nSPS) is 16.2. The molecular weight excluding hydrogens is 669 g/mol. The summed E-state index contributed by atoms with van der Waals surface area (Å²) in [5.41, 5.74) is 1.03. The Labute approximate surface area is 288 Å². The van der Waals surface area contributed by atoms with Gasteiger partial charge >= 0.3 is 5.97 Å². The standard InChI is InChI=1S/C36H34N2O9S2/c1-24(44-2)32(36(41)47-33(25-13-7-4-8-14-25)26-15-9-5-10-16-26)38-34(40)31(37-30(39)23-46-28-17-11-6-12-18-28)35(38)48-49(42,43)29-21-19-27(45-3)20-22-29/h4-22,31,33,35H,23H2,1-3H3,(H,37,39). The monoisotopic (exact) mass is 702 g/mol. The minimum absolute atomic E-state index is 0.00264. The van der Waals surface area contributed by atoms with Gasteiger partial charge in [0.15, 0.2) is 18.4 Å². The zero-order chi connectivity index (χ0) is 35.0. The van der Waals surface area contributed by atoms with Crippen LogP contribution in [0.25, 0.3) is 0 Å². The summed E-state index contributed by atoms with van der Waals surface area (Å²) in [4.78, 5) is 41.8. The first-order valence-electron chi connectivity index (χ1n) is 15.1. The molecule has 5 rings (SSSR count). The molecule has 2 amide bonds. The van der Waals surface area contributed by atoms with Gasteiger partial charge in [0.1, 0.15) is 28.7 Å². The third-order valence-corrected chi connectivity index (χ3v) is 11.3. The number of nitrogens with one attached hydrogen (secondary N) is 1. The molecule has 13 heteroatoms. The van der Waals surface area contributed by atoms with Crippen molar-refractivity contribution < 1.29 is 41.7 Å².